The second-order valence-corrected chi connectivity index (χ2v) is 11.7. The van der Waals surface area contributed by atoms with Gasteiger partial charge in [-0.2, -0.15) is 0 Å². The first-order chi connectivity index (χ1) is 18.1. The van der Waals surface area contributed by atoms with Crippen molar-refractivity contribution in [1.82, 2.24) is 5.32 Å². The molecule has 204 valence electrons. The van der Waals surface area contributed by atoms with E-state index < -0.39 is 29.1 Å². The Labute approximate surface area is 228 Å². The standard InChI is InChI=1S/C32H35NO6/c1-18-26(29(35)38-31(3,4)5)28(27(19(2)33-18)30(36)39-32(6,7)8)21-14-15-24-22(16-21)23(34)17-25(37-24)20-12-10-9-11-13-20/h9-17,28,33H,1-8H3. The van der Waals surface area contributed by atoms with Gasteiger partial charge in [0, 0.05) is 23.0 Å². The number of hydrogen-bond donors (Lipinski definition) is 1. The monoisotopic (exact) mass is 529 g/mol. The van der Waals surface area contributed by atoms with Crippen molar-refractivity contribution in [3.63, 3.8) is 0 Å². The Morgan fingerprint density at radius 3 is 1.85 bits per heavy atom. The van der Waals surface area contributed by atoms with Crippen LogP contribution >= 0.6 is 0 Å². The molecule has 0 bridgehead atoms. The van der Waals surface area contributed by atoms with Crippen LogP contribution in [-0.2, 0) is 19.1 Å². The first-order valence-electron chi connectivity index (χ1n) is 12.9. The fraction of sp³-hybridized carbons (Fsp3) is 0.344. The summed E-state index contributed by atoms with van der Waals surface area (Å²) in [5.74, 6) is -1.48. The van der Waals surface area contributed by atoms with Gasteiger partial charge in [-0.15, -0.1) is 0 Å². The van der Waals surface area contributed by atoms with Crippen molar-refractivity contribution >= 4 is 22.9 Å². The highest BCUT2D eigenvalue weighted by Crippen LogP contribution is 2.41. The van der Waals surface area contributed by atoms with Crippen LogP contribution in [0.3, 0.4) is 0 Å². The normalized spacial score (nSPS) is 14.9. The van der Waals surface area contributed by atoms with Crippen molar-refractivity contribution < 1.29 is 23.5 Å². The summed E-state index contributed by atoms with van der Waals surface area (Å²) in [5, 5.41) is 3.50. The summed E-state index contributed by atoms with van der Waals surface area (Å²) in [6.07, 6.45) is 0. The van der Waals surface area contributed by atoms with Gasteiger partial charge < -0.3 is 19.2 Å². The molecule has 0 aliphatic carbocycles. The number of dihydropyridines is 1. The third kappa shape index (κ3) is 6.14. The average Bonchev–Trinajstić information content (AvgIpc) is 2.81. The average molecular weight is 530 g/mol. The highest BCUT2D eigenvalue weighted by molar-refractivity contribution is 6.00. The third-order valence-electron chi connectivity index (χ3n) is 6.14. The van der Waals surface area contributed by atoms with Crippen LogP contribution in [0.1, 0.15) is 66.9 Å². The molecular formula is C32H35NO6. The molecule has 0 amide bonds. The Hall–Kier alpha value is -4.13. The van der Waals surface area contributed by atoms with Gasteiger partial charge in [-0.25, -0.2) is 9.59 Å². The SMILES string of the molecule is CC1=C(C(=O)OC(C)(C)C)C(c2ccc3oc(-c4ccccc4)cc(=O)c3c2)C(C(=O)OC(C)(C)C)=C(C)N1. The van der Waals surface area contributed by atoms with E-state index in [-0.39, 0.29) is 16.6 Å². The summed E-state index contributed by atoms with van der Waals surface area (Å²) in [6, 6.07) is 16.0. The predicted molar refractivity (Wildman–Crippen MR) is 151 cm³/mol. The summed E-state index contributed by atoms with van der Waals surface area (Å²) < 4.78 is 17.6. The first-order valence-corrected chi connectivity index (χ1v) is 12.9. The molecule has 2 heterocycles. The van der Waals surface area contributed by atoms with E-state index in [1.807, 2.05) is 30.3 Å². The maximum absolute atomic E-state index is 13.5. The topological polar surface area (TPSA) is 94.8 Å². The Morgan fingerprint density at radius 2 is 1.33 bits per heavy atom. The second-order valence-electron chi connectivity index (χ2n) is 11.7. The van der Waals surface area contributed by atoms with Gasteiger partial charge in [-0.1, -0.05) is 36.4 Å². The van der Waals surface area contributed by atoms with Gasteiger partial charge >= 0.3 is 11.9 Å². The van der Waals surface area contributed by atoms with Crippen molar-refractivity contribution in [2.45, 2.75) is 72.5 Å². The molecule has 0 atom stereocenters. The maximum atomic E-state index is 13.5. The van der Waals surface area contributed by atoms with Crippen LogP contribution in [0, 0.1) is 0 Å². The molecule has 1 N–H and O–H groups in total. The summed E-state index contributed by atoms with van der Waals surface area (Å²) in [5.41, 5.74) is 1.70. The summed E-state index contributed by atoms with van der Waals surface area (Å²) in [4.78, 5) is 40.3. The third-order valence-corrected chi connectivity index (χ3v) is 6.14. The molecule has 0 radical (unpaired) electrons. The number of carbonyl (C=O) groups excluding carboxylic acids is 2. The highest BCUT2D eigenvalue weighted by atomic mass is 16.6. The zero-order valence-electron chi connectivity index (χ0n) is 23.7. The molecule has 0 unspecified atom stereocenters. The number of benzene rings is 2. The molecule has 0 fully saturated rings. The number of hydrogen-bond acceptors (Lipinski definition) is 7. The van der Waals surface area contributed by atoms with Gasteiger partial charge in [0.2, 0.25) is 0 Å². The van der Waals surface area contributed by atoms with Gasteiger partial charge in [-0.05, 0) is 73.1 Å². The number of allylic oxidation sites excluding steroid dienone is 2. The molecule has 39 heavy (non-hydrogen) atoms. The second kappa shape index (κ2) is 10.2. The molecule has 4 rings (SSSR count). The van der Waals surface area contributed by atoms with Crippen LogP contribution in [0.15, 0.2) is 86.3 Å². The lowest BCUT2D eigenvalue weighted by Crippen LogP contribution is -2.36. The Bertz CT molecular complexity index is 1510. The molecule has 0 saturated heterocycles. The molecule has 7 nitrogen and oxygen atoms in total. The largest absolute Gasteiger partial charge is 0.457 e. The van der Waals surface area contributed by atoms with Crippen molar-refractivity contribution in [3.8, 4) is 11.3 Å². The molecule has 0 saturated carbocycles. The molecule has 1 aliphatic rings. The summed E-state index contributed by atoms with van der Waals surface area (Å²) in [7, 11) is 0. The fourth-order valence-corrected chi connectivity index (χ4v) is 4.63. The predicted octanol–water partition coefficient (Wildman–Crippen LogP) is 6.38. The number of nitrogens with one attached hydrogen (secondary N) is 1. The number of carbonyl (C=O) groups is 2. The first kappa shape index (κ1) is 27.9. The molecule has 1 aromatic heterocycles. The quantitative estimate of drug-likeness (QED) is 0.392. The molecular weight excluding hydrogens is 494 g/mol. The summed E-state index contributed by atoms with van der Waals surface area (Å²) in [6.45, 7) is 14.2. The van der Waals surface area contributed by atoms with Crippen LogP contribution in [-0.4, -0.2) is 23.1 Å². The van der Waals surface area contributed by atoms with Crippen molar-refractivity contribution in [2.24, 2.45) is 0 Å². The number of ether oxygens (including phenoxy) is 2. The lowest BCUT2D eigenvalue weighted by Gasteiger charge is -2.33. The fourth-order valence-electron chi connectivity index (χ4n) is 4.63. The number of esters is 2. The van der Waals surface area contributed by atoms with E-state index in [2.05, 4.69) is 5.32 Å². The van der Waals surface area contributed by atoms with E-state index in [1.54, 1.807) is 73.6 Å². The highest BCUT2D eigenvalue weighted by Gasteiger charge is 2.40. The Balaban J connectivity index is 1.90. The Morgan fingerprint density at radius 1 is 0.795 bits per heavy atom. The van der Waals surface area contributed by atoms with Gasteiger partial charge in [0.05, 0.1) is 22.5 Å². The Kier molecular flexibility index (Phi) is 7.30. The smallest absolute Gasteiger partial charge is 0.337 e. The molecule has 1 aliphatic heterocycles. The maximum Gasteiger partial charge on any atom is 0.337 e. The zero-order valence-corrected chi connectivity index (χ0v) is 23.7. The van der Waals surface area contributed by atoms with E-state index in [0.29, 0.717) is 33.7 Å². The molecule has 7 heteroatoms. The van der Waals surface area contributed by atoms with Crippen LogP contribution in [0.5, 0.6) is 0 Å². The van der Waals surface area contributed by atoms with Gasteiger partial charge in [0.25, 0.3) is 0 Å². The van der Waals surface area contributed by atoms with Crippen molar-refractivity contribution in [2.75, 3.05) is 0 Å². The number of rotatable bonds is 4. The van der Waals surface area contributed by atoms with Gasteiger partial charge in [0.15, 0.2) is 5.43 Å². The molecule has 0 spiro atoms. The van der Waals surface area contributed by atoms with E-state index in [9.17, 15) is 14.4 Å². The van der Waals surface area contributed by atoms with Gasteiger partial charge in [-0.3, -0.25) is 4.79 Å². The lowest BCUT2D eigenvalue weighted by atomic mass is 9.80. The van der Waals surface area contributed by atoms with Crippen molar-refractivity contribution in [1.29, 1.82) is 0 Å². The molecule has 3 aromatic rings. The van der Waals surface area contributed by atoms with E-state index in [0.717, 1.165) is 5.56 Å². The van der Waals surface area contributed by atoms with Crippen LogP contribution in [0.4, 0.5) is 0 Å². The van der Waals surface area contributed by atoms with Crippen LogP contribution in [0.25, 0.3) is 22.3 Å². The van der Waals surface area contributed by atoms with Crippen molar-refractivity contribution in [3.05, 3.63) is 92.9 Å². The molecule has 2 aromatic carbocycles. The lowest BCUT2D eigenvalue weighted by molar-refractivity contribution is -0.150. The van der Waals surface area contributed by atoms with Gasteiger partial charge in [0.1, 0.15) is 22.5 Å². The zero-order chi connectivity index (χ0) is 28.7. The van der Waals surface area contributed by atoms with E-state index in [4.69, 9.17) is 13.9 Å². The van der Waals surface area contributed by atoms with Crippen LogP contribution in [0.2, 0.25) is 0 Å². The van der Waals surface area contributed by atoms with Crippen LogP contribution < -0.4 is 10.7 Å². The summed E-state index contributed by atoms with van der Waals surface area (Å²) >= 11 is 0. The minimum absolute atomic E-state index is 0.232. The minimum atomic E-state index is -0.825. The minimum Gasteiger partial charge on any atom is -0.457 e. The van der Waals surface area contributed by atoms with E-state index >= 15 is 0 Å². The van der Waals surface area contributed by atoms with E-state index in [1.165, 1.54) is 6.07 Å². The number of fused-ring (bicyclic) bond motifs is 1.